The Morgan fingerprint density at radius 2 is 1.71 bits per heavy atom. The molecule has 17 heavy (non-hydrogen) atoms. The predicted molar refractivity (Wildman–Crippen MR) is 70.8 cm³/mol. The molecule has 1 aromatic carbocycles. The molecule has 0 aliphatic heterocycles. The van der Waals surface area contributed by atoms with Crippen molar-refractivity contribution in [2.75, 3.05) is 18.0 Å². The first-order valence-corrected chi connectivity index (χ1v) is 5.79. The molecule has 0 amide bonds. The maximum atomic E-state index is 5.66. The highest BCUT2D eigenvalue weighted by atomic mass is 15.1. The summed E-state index contributed by atoms with van der Waals surface area (Å²) in [5.41, 5.74) is 8.11. The van der Waals surface area contributed by atoms with Gasteiger partial charge in [0.05, 0.1) is 0 Å². The van der Waals surface area contributed by atoms with Gasteiger partial charge in [-0.15, -0.1) is 0 Å². The Labute approximate surface area is 102 Å². The van der Waals surface area contributed by atoms with Crippen LogP contribution in [0, 0.1) is 0 Å². The van der Waals surface area contributed by atoms with Gasteiger partial charge in [-0.25, -0.2) is 0 Å². The van der Waals surface area contributed by atoms with E-state index >= 15 is 0 Å². The van der Waals surface area contributed by atoms with Gasteiger partial charge in [0.1, 0.15) is 0 Å². The van der Waals surface area contributed by atoms with E-state index in [1.807, 2.05) is 30.6 Å². The van der Waals surface area contributed by atoms with Gasteiger partial charge in [0, 0.05) is 37.7 Å². The third-order valence-electron chi connectivity index (χ3n) is 2.64. The van der Waals surface area contributed by atoms with Crippen molar-refractivity contribution in [3.8, 4) is 0 Å². The van der Waals surface area contributed by atoms with Crippen LogP contribution < -0.4 is 10.6 Å². The first kappa shape index (κ1) is 11.6. The minimum Gasteiger partial charge on any atom is -0.366 e. The highest BCUT2D eigenvalue weighted by Gasteiger charge is 2.05. The van der Waals surface area contributed by atoms with Crippen LogP contribution in [0.15, 0.2) is 54.9 Å². The van der Waals surface area contributed by atoms with Crippen molar-refractivity contribution < 1.29 is 0 Å². The first-order chi connectivity index (χ1) is 8.40. The second-order valence-corrected chi connectivity index (χ2v) is 3.90. The molecule has 0 spiro atoms. The molecule has 88 valence electrons. The molecule has 0 saturated carbocycles. The number of nitrogens with two attached hydrogens (primary N) is 1. The molecule has 0 unspecified atom stereocenters. The minimum absolute atomic E-state index is 0.648. The molecular formula is C14H17N3. The summed E-state index contributed by atoms with van der Waals surface area (Å²) in [7, 11) is 0. The molecule has 0 aliphatic carbocycles. The van der Waals surface area contributed by atoms with E-state index in [1.54, 1.807) is 0 Å². The lowest BCUT2D eigenvalue weighted by Gasteiger charge is -2.24. The number of rotatable bonds is 5. The fourth-order valence-corrected chi connectivity index (χ4v) is 1.81. The van der Waals surface area contributed by atoms with Gasteiger partial charge in [0.2, 0.25) is 0 Å². The molecule has 0 fully saturated rings. The Bertz CT molecular complexity index is 428. The van der Waals surface area contributed by atoms with Crippen molar-refractivity contribution in [1.29, 1.82) is 0 Å². The average molecular weight is 227 g/mol. The van der Waals surface area contributed by atoms with Gasteiger partial charge < -0.3 is 10.6 Å². The number of anilines is 1. The third kappa shape index (κ3) is 3.29. The molecule has 0 aliphatic rings. The van der Waals surface area contributed by atoms with Gasteiger partial charge in [-0.2, -0.15) is 0 Å². The van der Waals surface area contributed by atoms with Gasteiger partial charge in [0.25, 0.3) is 0 Å². The number of hydrogen-bond acceptors (Lipinski definition) is 3. The molecule has 2 aromatic rings. The van der Waals surface area contributed by atoms with Gasteiger partial charge in [0.15, 0.2) is 0 Å². The van der Waals surface area contributed by atoms with Crippen molar-refractivity contribution in [3.05, 3.63) is 60.4 Å². The van der Waals surface area contributed by atoms with E-state index in [-0.39, 0.29) is 0 Å². The van der Waals surface area contributed by atoms with Crippen molar-refractivity contribution in [3.63, 3.8) is 0 Å². The van der Waals surface area contributed by atoms with E-state index in [0.29, 0.717) is 6.54 Å². The molecule has 3 heteroatoms. The van der Waals surface area contributed by atoms with Crippen LogP contribution in [-0.4, -0.2) is 18.1 Å². The monoisotopic (exact) mass is 227 g/mol. The standard InChI is InChI=1S/C14H17N3/c15-8-11-17(14-6-9-16-10-7-14)12-13-4-2-1-3-5-13/h1-7,9-10H,8,11-12,15H2. The van der Waals surface area contributed by atoms with Crippen molar-refractivity contribution >= 4 is 5.69 Å². The Morgan fingerprint density at radius 1 is 1.00 bits per heavy atom. The minimum atomic E-state index is 0.648. The molecule has 0 saturated heterocycles. The fourth-order valence-electron chi connectivity index (χ4n) is 1.81. The highest BCUT2D eigenvalue weighted by molar-refractivity contribution is 5.45. The van der Waals surface area contributed by atoms with Crippen molar-refractivity contribution in [1.82, 2.24) is 4.98 Å². The van der Waals surface area contributed by atoms with Gasteiger partial charge >= 0.3 is 0 Å². The summed E-state index contributed by atoms with van der Waals surface area (Å²) in [6.45, 7) is 2.37. The van der Waals surface area contributed by atoms with E-state index < -0.39 is 0 Å². The molecule has 0 bridgehead atoms. The number of hydrogen-bond donors (Lipinski definition) is 1. The average Bonchev–Trinajstić information content (AvgIpc) is 2.40. The zero-order chi connectivity index (χ0) is 11.9. The summed E-state index contributed by atoms with van der Waals surface area (Å²) >= 11 is 0. The molecule has 3 nitrogen and oxygen atoms in total. The molecule has 1 aromatic heterocycles. The fraction of sp³-hybridized carbons (Fsp3) is 0.214. The second-order valence-electron chi connectivity index (χ2n) is 3.90. The number of pyridine rings is 1. The lowest BCUT2D eigenvalue weighted by Crippen LogP contribution is -2.28. The van der Waals surface area contributed by atoms with Crippen LogP contribution >= 0.6 is 0 Å². The van der Waals surface area contributed by atoms with Crippen LogP contribution in [0.4, 0.5) is 5.69 Å². The van der Waals surface area contributed by atoms with Crippen LogP contribution in [0.5, 0.6) is 0 Å². The molecule has 2 N–H and O–H groups in total. The Balaban J connectivity index is 2.13. The quantitative estimate of drug-likeness (QED) is 0.850. The van der Waals surface area contributed by atoms with Gasteiger partial charge in [-0.1, -0.05) is 30.3 Å². The van der Waals surface area contributed by atoms with Crippen molar-refractivity contribution in [2.45, 2.75) is 6.54 Å². The van der Waals surface area contributed by atoms with Gasteiger partial charge in [-0.05, 0) is 17.7 Å². The summed E-state index contributed by atoms with van der Waals surface area (Å²) in [5.74, 6) is 0. The van der Waals surface area contributed by atoms with E-state index in [2.05, 4.69) is 34.1 Å². The van der Waals surface area contributed by atoms with Crippen LogP contribution in [0.3, 0.4) is 0 Å². The van der Waals surface area contributed by atoms with Crippen molar-refractivity contribution in [2.24, 2.45) is 5.73 Å². The van der Waals surface area contributed by atoms with E-state index in [0.717, 1.165) is 18.8 Å². The normalized spacial score (nSPS) is 10.2. The summed E-state index contributed by atoms with van der Waals surface area (Å²) < 4.78 is 0. The summed E-state index contributed by atoms with van der Waals surface area (Å²) in [6.07, 6.45) is 3.62. The molecule has 0 atom stereocenters. The summed E-state index contributed by atoms with van der Waals surface area (Å²) in [6, 6.07) is 14.4. The van der Waals surface area contributed by atoms with Crippen LogP contribution in [0.25, 0.3) is 0 Å². The topological polar surface area (TPSA) is 42.1 Å². The number of nitrogens with zero attached hydrogens (tertiary/aromatic N) is 2. The van der Waals surface area contributed by atoms with Gasteiger partial charge in [-0.3, -0.25) is 4.98 Å². The van der Waals surface area contributed by atoms with Crippen LogP contribution in [0.1, 0.15) is 5.56 Å². The van der Waals surface area contributed by atoms with E-state index in [1.165, 1.54) is 5.56 Å². The highest BCUT2D eigenvalue weighted by Crippen LogP contribution is 2.15. The number of benzene rings is 1. The Kier molecular flexibility index (Phi) is 4.11. The smallest absolute Gasteiger partial charge is 0.0430 e. The third-order valence-corrected chi connectivity index (χ3v) is 2.64. The van der Waals surface area contributed by atoms with E-state index in [4.69, 9.17) is 5.73 Å². The largest absolute Gasteiger partial charge is 0.366 e. The molecule has 2 rings (SSSR count). The number of aromatic nitrogens is 1. The summed E-state index contributed by atoms with van der Waals surface area (Å²) in [4.78, 5) is 6.30. The lowest BCUT2D eigenvalue weighted by molar-refractivity contribution is 0.789. The maximum Gasteiger partial charge on any atom is 0.0430 e. The zero-order valence-corrected chi connectivity index (χ0v) is 9.79. The van der Waals surface area contributed by atoms with Crippen LogP contribution in [0.2, 0.25) is 0 Å². The first-order valence-electron chi connectivity index (χ1n) is 5.79. The second kappa shape index (κ2) is 6.01. The summed E-state index contributed by atoms with van der Waals surface area (Å²) in [5, 5.41) is 0. The Morgan fingerprint density at radius 3 is 2.35 bits per heavy atom. The van der Waals surface area contributed by atoms with E-state index in [9.17, 15) is 0 Å². The zero-order valence-electron chi connectivity index (χ0n) is 9.79. The molecular weight excluding hydrogens is 210 g/mol. The maximum absolute atomic E-state index is 5.66. The van der Waals surface area contributed by atoms with Crippen LogP contribution in [-0.2, 0) is 6.54 Å². The lowest BCUT2D eigenvalue weighted by atomic mass is 10.2. The Hall–Kier alpha value is -1.87. The molecule has 1 heterocycles. The molecule has 0 radical (unpaired) electrons. The SMILES string of the molecule is NCCN(Cc1ccccc1)c1ccncc1. The predicted octanol–water partition coefficient (Wildman–Crippen LogP) is 2.05.